The number of nitrogens with one attached hydrogen (secondary N) is 2. The molecule has 1 aromatic carbocycles. The highest BCUT2D eigenvalue weighted by molar-refractivity contribution is 5.95. The number of cyclic esters (lactones) is 1. The zero-order valence-corrected chi connectivity index (χ0v) is 24.4. The summed E-state index contributed by atoms with van der Waals surface area (Å²) in [4.78, 5) is 55.6. The average Bonchev–Trinajstić information content (AvgIpc) is 3.40. The number of oxazole rings is 1. The van der Waals surface area contributed by atoms with Crippen molar-refractivity contribution in [3.63, 3.8) is 0 Å². The van der Waals surface area contributed by atoms with Gasteiger partial charge < -0.3 is 24.9 Å². The van der Waals surface area contributed by atoms with Gasteiger partial charge in [-0.1, -0.05) is 81.0 Å². The topological polar surface area (TPSA) is 148 Å². The first kappa shape index (κ1) is 32.2. The summed E-state index contributed by atoms with van der Waals surface area (Å²) >= 11 is 0. The number of allylic oxidation sites excluding steroid dienone is 2. The van der Waals surface area contributed by atoms with Gasteiger partial charge in [-0.3, -0.25) is 14.4 Å². The predicted octanol–water partition coefficient (Wildman–Crippen LogP) is 3.27. The van der Waals surface area contributed by atoms with Crippen molar-refractivity contribution < 1.29 is 33.4 Å². The van der Waals surface area contributed by atoms with E-state index in [0.29, 0.717) is 5.57 Å². The number of aromatic nitrogens is 1. The molecule has 0 saturated carbocycles. The summed E-state index contributed by atoms with van der Waals surface area (Å²) in [7, 11) is 0. The molecule has 10 nitrogen and oxygen atoms in total. The second-order valence-corrected chi connectivity index (χ2v) is 10.8. The van der Waals surface area contributed by atoms with E-state index in [9.17, 15) is 24.3 Å². The highest BCUT2D eigenvalue weighted by Crippen LogP contribution is 2.20. The molecule has 4 atom stereocenters. The maximum absolute atomic E-state index is 13.5. The van der Waals surface area contributed by atoms with Crippen molar-refractivity contribution in [3.05, 3.63) is 89.7 Å². The minimum absolute atomic E-state index is 0.0229. The van der Waals surface area contributed by atoms with E-state index in [-0.39, 0.29) is 60.9 Å². The number of carbonyl (C=O) groups is 4. The van der Waals surface area contributed by atoms with Crippen molar-refractivity contribution in [3.8, 4) is 0 Å². The van der Waals surface area contributed by atoms with Crippen LogP contribution in [0, 0.1) is 11.8 Å². The lowest BCUT2D eigenvalue weighted by molar-refractivity contribution is -0.155. The van der Waals surface area contributed by atoms with Crippen molar-refractivity contribution in [2.75, 3.05) is 6.54 Å². The summed E-state index contributed by atoms with van der Waals surface area (Å²) in [5.74, 6) is -2.29. The molecule has 10 heteroatoms. The molecule has 2 heterocycles. The molecular weight excluding hydrogens is 538 g/mol. The van der Waals surface area contributed by atoms with Gasteiger partial charge in [0.15, 0.2) is 5.69 Å². The zero-order chi connectivity index (χ0) is 30.6. The van der Waals surface area contributed by atoms with Gasteiger partial charge in [-0.15, -0.1) is 0 Å². The normalized spacial score (nSPS) is 24.4. The van der Waals surface area contributed by atoms with Crippen LogP contribution in [-0.4, -0.2) is 58.5 Å². The molecule has 2 aromatic rings. The number of aliphatic hydroxyl groups excluding tert-OH is 1. The number of rotatable bonds is 3. The molecule has 0 radical (unpaired) electrons. The highest BCUT2D eigenvalue weighted by atomic mass is 16.5. The molecule has 1 aromatic heterocycles. The molecule has 1 aliphatic rings. The maximum Gasteiger partial charge on any atom is 0.329 e. The van der Waals surface area contributed by atoms with E-state index >= 15 is 0 Å². The fourth-order valence-corrected chi connectivity index (χ4v) is 4.54. The van der Waals surface area contributed by atoms with Crippen LogP contribution in [0.4, 0.5) is 0 Å². The molecule has 42 heavy (non-hydrogen) atoms. The first-order chi connectivity index (χ1) is 20.0. The van der Waals surface area contributed by atoms with Crippen LogP contribution in [0.15, 0.2) is 77.0 Å². The fourth-order valence-electron chi connectivity index (χ4n) is 4.54. The number of nitrogens with zero attached hydrogens (tertiary/aromatic N) is 1. The van der Waals surface area contributed by atoms with Crippen LogP contribution in [0.5, 0.6) is 0 Å². The highest BCUT2D eigenvalue weighted by Gasteiger charge is 2.30. The summed E-state index contributed by atoms with van der Waals surface area (Å²) in [5, 5.41) is 15.7. The predicted molar refractivity (Wildman–Crippen MR) is 156 cm³/mol. The molecule has 3 N–H and O–H groups in total. The molecule has 0 saturated heterocycles. The zero-order valence-electron chi connectivity index (χ0n) is 24.4. The van der Waals surface area contributed by atoms with Gasteiger partial charge in [-0.05, 0) is 24.5 Å². The van der Waals surface area contributed by atoms with E-state index in [1.165, 1.54) is 12.2 Å². The first-order valence-corrected chi connectivity index (χ1v) is 14.0. The Morgan fingerprint density at radius 3 is 2.55 bits per heavy atom. The molecule has 2 bridgehead atoms. The molecule has 0 fully saturated rings. The van der Waals surface area contributed by atoms with Crippen LogP contribution in [0.3, 0.4) is 0 Å². The van der Waals surface area contributed by atoms with E-state index in [4.69, 9.17) is 9.15 Å². The first-order valence-electron chi connectivity index (χ1n) is 14.0. The molecule has 1 unspecified atom stereocenters. The number of carbonyl (C=O) groups excluding carboxylic acids is 4. The Labute approximate surface area is 245 Å². The quantitative estimate of drug-likeness (QED) is 0.471. The van der Waals surface area contributed by atoms with Gasteiger partial charge in [0.1, 0.15) is 24.2 Å². The Hall–Kier alpha value is -4.31. The maximum atomic E-state index is 13.5. The van der Waals surface area contributed by atoms with E-state index in [2.05, 4.69) is 15.6 Å². The standard InChI is InChI=1S/C32H39N3O7/c1-20(2)30-22(4)12-13-28(38)33-14-8-9-21(3)15-24(36)17-25(37)18-29-34-27(19-41-29)31(39)35-26(32(40)42-30)16-23-10-6-5-7-11-23/h5-13,15,19-20,22,24,26,30,36H,14,16-18H2,1-4H3,(H,33,38)(H,35,39)/b9-8?,13-12+,21-15?/t22-,24-,26-,30?/m1/s1. The Balaban J connectivity index is 1.90. The van der Waals surface area contributed by atoms with Crippen molar-refractivity contribution >= 4 is 23.6 Å². The second kappa shape index (κ2) is 15.6. The van der Waals surface area contributed by atoms with Gasteiger partial charge in [0.25, 0.3) is 5.91 Å². The number of esters is 1. The third-order valence-corrected chi connectivity index (χ3v) is 6.65. The van der Waals surface area contributed by atoms with Gasteiger partial charge in [0.2, 0.25) is 11.8 Å². The smallest absolute Gasteiger partial charge is 0.329 e. The Morgan fingerprint density at radius 2 is 1.83 bits per heavy atom. The lowest BCUT2D eigenvalue weighted by Gasteiger charge is -2.28. The summed E-state index contributed by atoms with van der Waals surface area (Å²) in [6.45, 7) is 7.71. The van der Waals surface area contributed by atoms with E-state index in [0.717, 1.165) is 11.8 Å². The Morgan fingerprint density at radius 1 is 1.10 bits per heavy atom. The number of ketones is 1. The third kappa shape index (κ3) is 10.3. The molecule has 0 spiro atoms. The number of fused-ring (bicyclic) bond motifs is 2. The summed E-state index contributed by atoms with van der Waals surface area (Å²) in [6.07, 6.45) is 7.41. The number of ether oxygens (including phenoxy) is 1. The lowest BCUT2D eigenvalue weighted by Crippen LogP contribution is -2.46. The number of benzene rings is 1. The monoisotopic (exact) mass is 577 g/mol. The number of hydrogen-bond donors (Lipinski definition) is 3. The van der Waals surface area contributed by atoms with E-state index in [1.54, 1.807) is 25.2 Å². The van der Waals surface area contributed by atoms with Gasteiger partial charge in [-0.25, -0.2) is 9.78 Å². The Kier molecular flexibility index (Phi) is 12.0. The average molecular weight is 578 g/mol. The van der Waals surface area contributed by atoms with Crippen molar-refractivity contribution in [2.24, 2.45) is 11.8 Å². The van der Waals surface area contributed by atoms with Gasteiger partial charge in [0.05, 0.1) is 12.5 Å². The van der Waals surface area contributed by atoms with Gasteiger partial charge in [-0.2, -0.15) is 0 Å². The lowest BCUT2D eigenvalue weighted by atomic mass is 9.94. The number of amides is 2. The largest absolute Gasteiger partial charge is 0.460 e. The van der Waals surface area contributed by atoms with Gasteiger partial charge in [0, 0.05) is 25.3 Å². The van der Waals surface area contributed by atoms with Crippen LogP contribution in [0.2, 0.25) is 0 Å². The van der Waals surface area contributed by atoms with E-state index < -0.39 is 30.1 Å². The molecule has 0 aliphatic carbocycles. The number of Topliss-reactive ketones (excluding diaryl/α,β-unsaturated/α-hetero) is 1. The SMILES string of the molecule is CC1=C[C@@H](O)CC(=O)Cc2nc(co2)C(=O)N[C@H](Cc2ccccc2)C(=O)OC(C(C)C)[C@H](C)/C=C/C(=O)NCC=C1. The van der Waals surface area contributed by atoms with Crippen LogP contribution >= 0.6 is 0 Å². The molecule has 1 aliphatic heterocycles. The fraction of sp³-hybridized carbons (Fsp3) is 0.406. The molecular formula is C32H39N3O7. The van der Waals surface area contributed by atoms with Crippen LogP contribution in [-0.2, 0) is 32.0 Å². The van der Waals surface area contributed by atoms with E-state index in [1.807, 2.05) is 51.1 Å². The van der Waals surface area contributed by atoms with Crippen LogP contribution in [0.25, 0.3) is 0 Å². The number of aliphatic hydroxyl groups is 1. The minimum atomic E-state index is -1.04. The van der Waals surface area contributed by atoms with Crippen molar-refractivity contribution in [1.82, 2.24) is 15.6 Å². The van der Waals surface area contributed by atoms with Gasteiger partial charge >= 0.3 is 5.97 Å². The third-order valence-electron chi connectivity index (χ3n) is 6.65. The van der Waals surface area contributed by atoms with Crippen LogP contribution < -0.4 is 10.6 Å². The minimum Gasteiger partial charge on any atom is -0.460 e. The summed E-state index contributed by atoms with van der Waals surface area (Å²) in [5.41, 5.74) is 1.44. The van der Waals surface area contributed by atoms with Crippen molar-refractivity contribution in [1.29, 1.82) is 0 Å². The summed E-state index contributed by atoms with van der Waals surface area (Å²) in [6, 6.07) is 8.16. The second-order valence-electron chi connectivity index (χ2n) is 10.8. The summed E-state index contributed by atoms with van der Waals surface area (Å²) < 4.78 is 11.3. The number of hydrogen-bond acceptors (Lipinski definition) is 8. The molecule has 224 valence electrons. The van der Waals surface area contributed by atoms with Crippen molar-refractivity contribution in [2.45, 2.75) is 65.2 Å². The molecule has 3 rings (SSSR count). The Bertz CT molecular complexity index is 1330. The van der Waals surface area contributed by atoms with Crippen LogP contribution in [0.1, 0.15) is 56.1 Å². The molecule has 2 amide bonds.